The summed E-state index contributed by atoms with van der Waals surface area (Å²) in [7, 11) is 0. The number of ketones is 1. The summed E-state index contributed by atoms with van der Waals surface area (Å²) >= 11 is 0. The fourth-order valence-electron chi connectivity index (χ4n) is 4.17. The number of amides is 1. The number of pyridine rings is 1. The van der Waals surface area contributed by atoms with Crippen LogP contribution in [0.3, 0.4) is 0 Å². The summed E-state index contributed by atoms with van der Waals surface area (Å²) < 4.78 is 14.6. The second-order valence-electron chi connectivity index (χ2n) is 8.66. The van der Waals surface area contributed by atoms with Crippen LogP contribution < -0.4 is 5.56 Å². The summed E-state index contributed by atoms with van der Waals surface area (Å²) in [5.41, 5.74) is 1.63. The number of carbonyl (C=O) groups excluding carboxylic acids is 2. The van der Waals surface area contributed by atoms with Gasteiger partial charge in [-0.3, -0.25) is 23.9 Å². The van der Waals surface area contributed by atoms with Gasteiger partial charge in [-0.05, 0) is 42.3 Å². The number of aromatic nitrogens is 1. The van der Waals surface area contributed by atoms with Crippen LogP contribution in [-0.2, 0) is 4.79 Å². The Hall–Kier alpha value is -3.84. The molecule has 1 fully saturated rings. The van der Waals surface area contributed by atoms with Crippen molar-refractivity contribution >= 4 is 17.8 Å². The molecule has 6 nitrogen and oxygen atoms in total. The van der Waals surface area contributed by atoms with E-state index in [1.54, 1.807) is 17.9 Å². The Morgan fingerprint density at radius 3 is 2.31 bits per heavy atom. The normalized spacial score (nSPS) is 15.3. The number of halogens is 1. The Labute approximate surface area is 203 Å². The molecule has 2 aromatic carbocycles. The fourth-order valence-corrected chi connectivity index (χ4v) is 4.17. The number of hydrogen-bond acceptors (Lipinski definition) is 4. The molecule has 1 unspecified atom stereocenters. The molecule has 1 amide bonds. The Bertz CT molecular complexity index is 1260. The van der Waals surface area contributed by atoms with Gasteiger partial charge in [0.2, 0.25) is 0 Å². The Kier molecular flexibility index (Phi) is 7.67. The molecule has 1 aromatic heterocycles. The average Bonchev–Trinajstić information content (AvgIpc) is 2.87. The van der Waals surface area contributed by atoms with Crippen LogP contribution in [0.2, 0.25) is 0 Å². The van der Waals surface area contributed by atoms with Crippen LogP contribution in [0, 0.1) is 12.7 Å². The number of aryl methyl sites for hydroxylation is 1. The Morgan fingerprint density at radius 1 is 0.943 bits per heavy atom. The molecule has 7 heteroatoms. The first kappa shape index (κ1) is 24.3. The van der Waals surface area contributed by atoms with Crippen molar-refractivity contribution in [2.45, 2.75) is 13.0 Å². The molecule has 0 N–H and O–H groups in total. The highest BCUT2D eigenvalue weighted by molar-refractivity contribution is 6.11. The summed E-state index contributed by atoms with van der Waals surface area (Å²) in [5, 5.41) is 0. The predicted molar refractivity (Wildman–Crippen MR) is 134 cm³/mol. The molecular formula is C28H28FN3O3. The van der Waals surface area contributed by atoms with Gasteiger partial charge in [0.25, 0.3) is 11.5 Å². The monoisotopic (exact) mass is 473 g/mol. The zero-order valence-corrected chi connectivity index (χ0v) is 19.6. The second kappa shape index (κ2) is 11.1. The number of nitrogens with zero attached hydrogens (tertiary/aromatic N) is 3. The molecule has 180 valence electrons. The van der Waals surface area contributed by atoms with Gasteiger partial charge in [-0.2, -0.15) is 0 Å². The first-order valence-electron chi connectivity index (χ1n) is 11.6. The van der Waals surface area contributed by atoms with E-state index in [0.717, 1.165) is 17.7 Å². The molecule has 0 radical (unpaired) electrons. The number of Topliss-reactive ketones (excluding diaryl/α,β-unsaturated/α-hetero) is 1. The van der Waals surface area contributed by atoms with E-state index in [0.29, 0.717) is 26.2 Å². The molecule has 3 aromatic rings. The minimum Gasteiger partial charge on any atom is -0.338 e. The van der Waals surface area contributed by atoms with Crippen LogP contribution >= 0.6 is 0 Å². The molecule has 35 heavy (non-hydrogen) atoms. The molecular weight excluding hydrogens is 445 g/mol. The van der Waals surface area contributed by atoms with Gasteiger partial charge in [0.1, 0.15) is 5.82 Å². The van der Waals surface area contributed by atoms with Gasteiger partial charge in [0.15, 0.2) is 11.8 Å². The van der Waals surface area contributed by atoms with Crippen molar-refractivity contribution < 1.29 is 14.0 Å². The molecule has 1 aliphatic heterocycles. The van der Waals surface area contributed by atoms with Crippen LogP contribution in [0.4, 0.5) is 4.39 Å². The average molecular weight is 474 g/mol. The van der Waals surface area contributed by atoms with Crippen molar-refractivity contribution in [3.63, 3.8) is 0 Å². The second-order valence-corrected chi connectivity index (χ2v) is 8.66. The zero-order valence-electron chi connectivity index (χ0n) is 19.6. The Morgan fingerprint density at radius 2 is 1.63 bits per heavy atom. The van der Waals surface area contributed by atoms with Gasteiger partial charge >= 0.3 is 0 Å². The smallest absolute Gasteiger partial charge is 0.253 e. The van der Waals surface area contributed by atoms with E-state index in [4.69, 9.17) is 0 Å². The summed E-state index contributed by atoms with van der Waals surface area (Å²) in [5.74, 6) is -1.43. The van der Waals surface area contributed by atoms with Gasteiger partial charge in [-0.1, -0.05) is 48.6 Å². The van der Waals surface area contributed by atoms with Gasteiger partial charge in [0.05, 0.1) is 0 Å². The Balaban J connectivity index is 1.49. The van der Waals surface area contributed by atoms with Crippen molar-refractivity contribution in [3.8, 4) is 0 Å². The van der Waals surface area contributed by atoms with Gasteiger partial charge in [-0.15, -0.1) is 0 Å². The van der Waals surface area contributed by atoms with Crippen LogP contribution in [0.25, 0.3) is 6.08 Å². The lowest BCUT2D eigenvalue weighted by Crippen LogP contribution is -2.52. The summed E-state index contributed by atoms with van der Waals surface area (Å²) in [4.78, 5) is 43.5. The van der Waals surface area contributed by atoms with E-state index < -0.39 is 29.1 Å². The highest BCUT2D eigenvalue weighted by Crippen LogP contribution is 2.19. The van der Waals surface area contributed by atoms with E-state index in [1.807, 2.05) is 30.3 Å². The summed E-state index contributed by atoms with van der Waals surface area (Å²) in [6.07, 6.45) is 5.69. The molecule has 1 aliphatic rings. The lowest BCUT2D eigenvalue weighted by molar-refractivity contribution is -0.135. The lowest BCUT2D eigenvalue weighted by atomic mass is 10.0. The summed E-state index contributed by atoms with van der Waals surface area (Å²) in [6.45, 7) is 4.77. The maximum absolute atomic E-state index is 13.6. The first-order chi connectivity index (χ1) is 16.9. The molecule has 1 saturated heterocycles. The number of rotatable bonds is 7. The van der Waals surface area contributed by atoms with Crippen molar-refractivity contribution in [2.75, 3.05) is 32.7 Å². The summed E-state index contributed by atoms with van der Waals surface area (Å²) in [6, 6.07) is 16.7. The van der Waals surface area contributed by atoms with Crippen LogP contribution in [-0.4, -0.2) is 58.8 Å². The third kappa shape index (κ3) is 6.00. The molecule has 4 rings (SSSR count). The number of benzene rings is 2. The number of piperazine rings is 1. The van der Waals surface area contributed by atoms with E-state index in [9.17, 15) is 18.8 Å². The molecule has 0 bridgehead atoms. The van der Waals surface area contributed by atoms with Crippen molar-refractivity contribution in [3.05, 3.63) is 112 Å². The van der Waals surface area contributed by atoms with Crippen LogP contribution in [0.1, 0.15) is 27.5 Å². The van der Waals surface area contributed by atoms with E-state index in [2.05, 4.69) is 17.1 Å². The van der Waals surface area contributed by atoms with Gasteiger partial charge in [-0.25, -0.2) is 4.39 Å². The maximum Gasteiger partial charge on any atom is 0.253 e. The molecule has 0 saturated carbocycles. The van der Waals surface area contributed by atoms with Crippen LogP contribution in [0.5, 0.6) is 0 Å². The molecule has 1 atom stereocenters. The third-order valence-electron chi connectivity index (χ3n) is 6.13. The van der Waals surface area contributed by atoms with Gasteiger partial charge < -0.3 is 4.90 Å². The standard InChI is InChI=1S/C28H28FN3O3/c1-21-9-14-25(33)32(20-21)26(27(34)23-10-12-24(29)13-11-23)28(35)31-18-16-30(17-19-31)15-5-8-22-6-3-2-4-7-22/h2-14,20,26H,15-19H2,1H3/b8-5+. The predicted octanol–water partition coefficient (Wildman–Crippen LogP) is 3.58. The molecule has 0 aliphatic carbocycles. The SMILES string of the molecule is Cc1ccc(=O)n(C(C(=O)c2ccc(F)cc2)C(=O)N2CCN(C/C=C/c3ccccc3)CC2)c1. The van der Waals surface area contributed by atoms with Crippen LogP contribution in [0.15, 0.2) is 83.8 Å². The third-order valence-corrected chi connectivity index (χ3v) is 6.13. The van der Waals surface area contributed by atoms with E-state index in [1.165, 1.54) is 41.1 Å². The maximum atomic E-state index is 13.6. The zero-order chi connectivity index (χ0) is 24.8. The lowest BCUT2D eigenvalue weighted by Gasteiger charge is -2.36. The van der Waals surface area contributed by atoms with Crippen molar-refractivity contribution in [2.24, 2.45) is 0 Å². The largest absolute Gasteiger partial charge is 0.338 e. The number of hydrogen-bond donors (Lipinski definition) is 0. The van der Waals surface area contributed by atoms with Crippen molar-refractivity contribution in [1.82, 2.24) is 14.4 Å². The van der Waals surface area contributed by atoms with Crippen molar-refractivity contribution in [1.29, 1.82) is 0 Å². The first-order valence-corrected chi connectivity index (χ1v) is 11.6. The van der Waals surface area contributed by atoms with E-state index >= 15 is 0 Å². The quantitative estimate of drug-likeness (QED) is 0.389. The van der Waals surface area contributed by atoms with E-state index in [-0.39, 0.29) is 5.56 Å². The number of carbonyl (C=O) groups is 2. The minimum atomic E-state index is -1.34. The fraction of sp³-hybridized carbons (Fsp3) is 0.250. The highest BCUT2D eigenvalue weighted by Gasteiger charge is 2.35. The topological polar surface area (TPSA) is 62.6 Å². The van der Waals surface area contributed by atoms with Gasteiger partial charge in [0, 0.05) is 50.6 Å². The molecule has 0 spiro atoms. The molecule has 2 heterocycles. The highest BCUT2D eigenvalue weighted by atomic mass is 19.1. The minimum absolute atomic E-state index is 0.183.